The zero-order chi connectivity index (χ0) is 13.2. The van der Waals surface area contributed by atoms with Crippen LogP contribution >= 0.6 is 0 Å². The summed E-state index contributed by atoms with van der Waals surface area (Å²) in [4.78, 5) is 4.32. The van der Waals surface area contributed by atoms with E-state index >= 15 is 0 Å². The summed E-state index contributed by atoms with van der Waals surface area (Å²) in [5, 5.41) is 3.35. The lowest BCUT2D eigenvalue weighted by Gasteiger charge is -2.27. The molecule has 1 aromatic heterocycles. The molecule has 1 N–H and O–H groups in total. The lowest BCUT2D eigenvalue weighted by atomic mass is 9.99. The number of methoxy groups -OCH3 is 1. The Labute approximate surface area is 110 Å². The average molecular weight is 251 g/mol. The molecule has 4 nitrogen and oxygen atoms in total. The van der Waals surface area contributed by atoms with E-state index in [1.165, 1.54) is 18.5 Å². The third-order valence-electron chi connectivity index (χ3n) is 4.28. The fraction of sp³-hybridized carbons (Fsp3) is 0.786. The minimum atomic E-state index is -0.0339. The number of ether oxygens (including phenoxy) is 1. The van der Waals surface area contributed by atoms with Crippen molar-refractivity contribution in [2.75, 3.05) is 20.8 Å². The quantitative estimate of drug-likeness (QED) is 0.807. The van der Waals surface area contributed by atoms with E-state index in [-0.39, 0.29) is 5.54 Å². The molecule has 1 aliphatic rings. The van der Waals surface area contributed by atoms with E-state index in [4.69, 9.17) is 4.74 Å². The summed E-state index contributed by atoms with van der Waals surface area (Å²) in [7, 11) is 3.78. The molecule has 102 valence electrons. The molecule has 0 bridgehead atoms. The number of imidazole rings is 1. The molecule has 1 fully saturated rings. The van der Waals surface area contributed by atoms with Gasteiger partial charge in [-0.05, 0) is 45.6 Å². The molecule has 0 saturated heterocycles. The Bertz CT molecular complexity index is 393. The normalized spacial score (nSPS) is 18.0. The van der Waals surface area contributed by atoms with Gasteiger partial charge in [0.25, 0.3) is 0 Å². The summed E-state index contributed by atoms with van der Waals surface area (Å²) in [5.74, 6) is 0. The monoisotopic (exact) mass is 251 g/mol. The molecule has 0 aromatic carbocycles. The Kier molecular flexibility index (Phi) is 3.78. The van der Waals surface area contributed by atoms with Crippen molar-refractivity contribution in [2.24, 2.45) is 5.41 Å². The molecule has 1 saturated carbocycles. The van der Waals surface area contributed by atoms with Gasteiger partial charge in [0, 0.05) is 26.5 Å². The van der Waals surface area contributed by atoms with Gasteiger partial charge >= 0.3 is 0 Å². The van der Waals surface area contributed by atoms with Crippen LogP contribution in [0.3, 0.4) is 0 Å². The maximum Gasteiger partial charge on any atom is 0.0948 e. The van der Waals surface area contributed by atoms with E-state index in [0.29, 0.717) is 5.41 Å². The minimum absolute atomic E-state index is 0.0339. The van der Waals surface area contributed by atoms with Crippen LogP contribution in [0.25, 0.3) is 0 Å². The molecule has 1 aromatic rings. The third-order valence-corrected chi connectivity index (χ3v) is 4.28. The van der Waals surface area contributed by atoms with E-state index in [2.05, 4.69) is 28.7 Å². The van der Waals surface area contributed by atoms with Gasteiger partial charge in [-0.15, -0.1) is 0 Å². The molecule has 0 amide bonds. The summed E-state index contributed by atoms with van der Waals surface area (Å²) >= 11 is 0. The van der Waals surface area contributed by atoms with Crippen molar-refractivity contribution >= 4 is 0 Å². The molecule has 0 spiro atoms. The van der Waals surface area contributed by atoms with Crippen molar-refractivity contribution in [2.45, 2.75) is 45.2 Å². The highest BCUT2D eigenvalue weighted by atomic mass is 16.5. The number of nitrogens with one attached hydrogen (secondary N) is 1. The van der Waals surface area contributed by atoms with Crippen LogP contribution in [0.15, 0.2) is 12.5 Å². The second kappa shape index (κ2) is 5.02. The molecule has 1 heterocycles. The van der Waals surface area contributed by atoms with E-state index in [9.17, 15) is 0 Å². The zero-order valence-corrected chi connectivity index (χ0v) is 12.0. The number of nitrogens with zero attached hydrogens (tertiary/aromatic N) is 2. The van der Waals surface area contributed by atoms with Crippen LogP contribution in [0.5, 0.6) is 0 Å². The second-order valence-corrected chi connectivity index (χ2v) is 6.02. The maximum absolute atomic E-state index is 5.22. The summed E-state index contributed by atoms with van der Waals surface area (Å²) in [5.41, 5.74) is 1.68. The second-order valence-electron chi connectivity index (χ2n) is 6.02. The molecule has 4 heteroatoms. The first kappa shape index (κ1) is 13.6. The van der Waals surface area contributed by atoms with Crippen LogP contribution in [0.4, 0.5) is 0 Å². The van der Waals surface area contributed by atoms with E-state index in [1.807, 2.05) is 19.6 Å². The Morgan fingerprint density at radius 3 is 2.78 bits per heavy atom. The zero-order valence-electron chi connectivity index (χ0n) is 12.0. The average Bonchev–Trinajstić information content (AvgIpc) is 2.94. The largest absolute Gasteiger partial charge is 0.385 e. The van der Waals surface area contributed by atoms with Gasteiger partial charge in [0.15, 0.2) is 0 Å². The summed E-state index contributed by atoms with van der Waals surface area (Å²) < 4.78 is 7.52. The number of hydrogen-bond donors (Lipinski definition) is 1. The third kappa shape index (κ3) is 2.75. The SMILES string of the molecule is CNC(C)(C)c1cncn1CC1(CCOC)CC1. The van der Waals surface area contributed by atoms with Crippen molar-refractivity contribution in [1.82, 2.24) is 14.9 Å². The molecule has 0 unspecified atom stereocenters. The molecular formula is C14H25N3O. The van der Waals surface area contributed by atoms with Crippen molar-refractivity contribution in [3.63, 3.8) is 0 Å². The van der Waals surface area contributed by atoms with Crippen LogP contribution in [-0.4, -0.2) is 30.3 Å². The molecule has 2 rings (SSSR count). The van der Waals surface area contributed by atoms with Crippen LogP contribution in [0.2, 0.25) is 0 Å². The molecule has 0 atom stereocenters. The van der Waals surface area contributed by atoms with Gasteiger partial charge in [-0.2, -0.15) is 0 Å². The van der Waals surface area contributed by atoms with Crippen LogP contribution < -0.4 is 5.32 Å². The first-order chi connectivity index (χ1) is 8.53. The standard InChI is InChI=1S/C14H25N3O/c1-13(2,15-3)12-9-16-11-17(12)10-14(5-6-14)7-8-18-4/h9,11,15H,5-8,10H2,1-4H3. The van der Waals surface area contributed by atoms with Gasteiger partial charge < -0.3 is 14.6 Å². The fourth-order valence-corrected chi connectivity index (χ4v) is 2.44. The molecule has 1 aliphatic carbocycles. The highest BCUT2D eigenvalue weighted by Crippen LogP contribution is 2.50. The van der Waals surface area contributed by atoms with Gasteiger partial charge in [-0.3, -0.25) is 0 Å². The topological polar surface area (TPSA) is 39.1 Å². The lowest BCUT2D eigenvalue weighted by molar-refractivity contribution is 0.166. The highest BCUT2D eigenvalue weighted by Gasteiger charge is 2.43. The van der Waals surface area contributed by atoms with Crippen LogP contribution in [0, 0.1) is 5.41 Å². The van der Waals surface area contributed by atoms with Gasteiger partial charge in [0.2, 0.25) is 0 Å². The van der Waals surface area contributed by atoms with E-state index < -0.39 is 0 Å². The van der Waals surface area contributed by atoms with E-state index in [1.54, 1.807) is 7.11 Å². The first-order valence-corrected chi connectivity index (χ1v) is 6.71. The predicted octanol–water partition coefficient (Wildman–Crippen LogP) is 2.15. The van der Waals surface area contributed by atoms with Crippen molar-refractivity contribution in [3.8, 4) is 0 Å². The predicted molar refractivity (Wildman–Crippen MR) is 72.5 cm³/mol. The Hall–Kier alpha value is -0.870. The first-order valence-electron chi connectivity index (χ1n) is 6.71. The summed E-state index contributed by atoms with van der Waals surface area (Å²) in [6, 6.07) is 0. The van der Waals surface area contributed by atoms with Gasteiger partial charge in [-0.25, -0.2) is 4.98 Å². The number of hydrogen-bond acceptors (Lipinski definition) is 3. The molecule has 0 aliphatic heterocycles. The van der Waals surface area contributed by atoms with Crippen molar-refractivity contribution < 1.29 is 4.74 Å². The van der Waals surface area contributed by atoms with Crippen LogP contribution in [0.1, 0.15) is 38.8 Å². The number of aromatic nitrogens is 2. The highest BCUT2D eigenvalue weighted by molar-refractivity contribution is 5.12. The summed E-state index contributed by atoms with van der Waals surface area (Å²) in [6.07, 6.45) is 7.72. The number of rotatable bonds is 7. The van der Waals surface area contributed by atoms with Gasteiger partial charge in [-0.1, -0.05) is 0 Å². The Morgan fingerprint density at radius 2 is 2.22 bits per heavy atom. The molecular weight excluding hydrogens is 226 g/mol. The van der Waals surface area contributed by atoms with Gasteiger partial charge in [0.1, 0.15) is 0 Å². The molecule has 18 heavy (non-hydrogen) atoms. The lowest BCUT2D eigenvalue weighted by Crippen LogP contribution is -2.36. The smallest absolute Gasteiger partial charge is 0.0948 e. The van der Waals surface area contributed by atoms with Gasteiger partial charge in [0.05, 0.1) is 17.6 Å². The van der Waals surface area contributed by atoms with E-state index in [0.717, 1.165) is 19.6 Å². The maximum atomic E-state index is 5.22. The summed E-state index contributed by atoms with van der Waals surface area (Å²) in [6.45, 7) is 6.31. The molecule has 0 radical (unpaired) electrons. The minimum Gasteiger partial charge on any atom is -0.385 e. The van der Waals surface area contributed by atoms with Crippen molar-refractivity contribution in [3.05, 3.63) is 18.2 Å². The van der Waals surface area contributed by atoms with Crippen molar-refractivity contribution in [1.29, 1.82) is 0 Å². The fourth-order valence-electron chi connectivity index (χ4n) is 2.44. The van der Waals surface area contributed by atoms with Crippen LogP contribution in [-0.2, 0) is 16.8 Å². The Morgan fingerprint density at radius 1 is 1.50 bits per heavy atom. The Balaban J connectivity index is 2.09.